The first-order chi connectivity index (χ1) is 18.7. The fourth-order valence-electron chi connectivity index (χ4n) is 9.47. The molecule has 0 aromatic heterocycles. The van der Waals surface area contributed by atoms with Crippen molar-refractivity contribution >= 4 is 23.9 Å². The zero-order valence-corrected chi connectivity index (χ0v) is 23.5. The number of aliphatic hydroxyl groups is 3. The number of carbonyl (C=O) groups is 4. The van der Waals surface area contributed by atoms with Crippen molar-refractivity contribution in [1.82, 2.24) is 0 Å². The largest absolute Gasteiger partial charge is 0.465 e. The first-order valence-corrected chi connectivity index (χ1v) is 14.1. The minimum absolute atomic E-state index is 0.00553. The summed E-state index contributed by atoms with van der Waals surface area (Å²) in [6.45, 7) is 5.54. The standard InChI is InChI=1S/C29H40O11/c1-15(30)38-14-28-23(33)10-19(39-16(2)31)11-27(28,35)7-5-21-25(28)22(40-17(3)32)12-26(4)20(6-8-29(21,26)36)18-9-24(34)37-13-18/h9,19-23,25,33,35-36H,5-8,10-14H2,1-4H3/t19-,20+,21+,22+,23+,25+,26+,27+,28+,29+/m0/s1. The van der Waals surface area contributed by atoms with Gasteiger partial charge in [-0.25, -0.2) is 4.79 Å². The van der Waals surface area contributed by atoms with Gasteiger partial charge in [0.05, 0.1) is 22.7 Å². The lowest BCUT2D eigenvalue weighted by Crippen LogP contribution is -2.76. The molecule has 5 aliphatic rings. The molecular weight excluding hydrogens is 524 g/mol. The van der Waals surface area contributed by atoms with Gasteiger partial charge < -0.3 is 34.3 Å². The van der Waals surface area contributed by atoms with Crippen molar-refractivity contribution in [2.75, 3.05) is 13.2 Å². The van der Waals surface area contributed by atoms with E-state index in [1.54, 1.807) is 0 Å². The molecule has 0 bridgehead atoms. The average Bonchev–Trinajstić information content (AvgIpc) is 3.37. The van der Waals surface area contributed by atoms with Gasteiger partial charge in [0.2, 0.25) is 0 Å². The van der Waals surface area contributed by atoms with Crippen LogP contribution in [-0.4, -0.2) is 81.9 Å². The van der Waals surface area contributed by atoms with Crippen LogP contribution < -0.4 is 0 Å². The van der Waals surface area contributed by atoms with Gasteiger partial charge in [0.25, 0.3) is 0 Å². The number of rotatable bonds is 5. The summed E-state index contributed by atoms with van der Waals surface area (Å²) in [6.07, 6.45) is 0.267. The first kappa shape index (κ1) is 29.0. The monoisotopic (exact) mass is 564 g/mol. The van der Waals surface area contributed by atoms with Gasteiger partial charge in [-0.3, -0.25) is 14.4 Å². The second-order valence-electron chi connectivity index (χ2n) is 12.8. The molecule has 11 nitrogen and oxygen atoms in total. The zero-order chi connectivity index (χ0) is 29.3. The van der Waals surface area contributed by atoms with Crippen molar-refractivity contribution in [2.24, 2.45) is 28.6 Å². The van der Waals surface area contributed by atoms with Crippen molar-refractivity contribution in [2.45, 2.75) is 102 Å². The van der Waals surface area contributed by atoms with E-state index in [1.165, 1.54) is 26.8 Å². The quantitative estimate of drug-likeness (QED) is 0.326. The molecule has 0 spiro atoms. The molecule has 0 saturated heterocycles. The first-order valence-electron chi connectivity index (χ1n) is 14.1. The van der Waals surface area contributed by atoms with Gasteiger partial charge in [0.15, 0.2) is 0 Å². The molecule has 1 heterocycles. The summed E-state index contributed by atoms with van der Waals surface area (Å²) >= 11 is 0. The summed E-state index contributed by atoms with van der Waals surface area (Å²) in [5.74, 6) is -3.61. The molecule has 10 atom stereocenters. The lowest BCUT2D eigenvalue weighted by molar-refractivity contribution is -0.319. The Morgan fingerprint density at radius 2 is 1.73 bits per heavy atom. The highest BCUT2D eigenvalue weighted by Crippen LogP contribution is 2.71. The van der Waals surface area contributed by atoms with Crippen molar-refractivity contribution in [3.63, 3.8) is 0 Å². The summed E-state index contributed by atoms with van der Waals surface area (Å²) in [5.41, 5.74) is -4.43. The Labute approximate surface area is 233 Å². The van der Waals surface area contributed by atoms with E-state index in [0.717, 1.165) is 5.57 Å². The van der Waals surface area contributed by atoms with Gasteiger partial charge in [-0.15, -0.1) is 0 Å². The minimum Gasteiger partial charge on any atom is -0.465 e. The topological polar surface area (TPSA) is 166 Å². The summed E-state index contributed by atoms with van der Waals surface area (Å²) in [4.78, 5) is 48.2. The number of aliphatic hydroxyl groups excluding tert-OH is 1. The molecule has 0 amide bonds. The molecule has 5 rings (SSSR count). The molecule has 0 aromatic rings. The Balaban J connectivity index is 1.63. The SMILES string of the molecule is CC(=O)OC[C@@]12[C@@H]3[C@@H](CC[C@@]1(O)C[C@@H](OC(C)=O)C[C@H]2O)[C@]1(O)CC[C@H](C2=CC(=O)OC2)[C@@]1(C)C[C@H]3OC(C)=O. The van der Waals surface area contributed by atoms with Crippen LogP contribution in [0.1, 0.15) is 72.6 Å². The maximum absolute atomic E-state index is 12.6. The third-order valence-electron chi connectivity index (χ3n) is 10.9. The van der Waals surface area contributed by atoms with Crippen molar-refractivity contribution < 1.29 is 53.4 Å². The highest BCUT2D eigenvalue weighted by Gasteiger charge is 2.76. The van der Waals surface area contributed by atoms with Crippen LogP contribution in [-0.2, 0) is 38.1 Å². The Bertz CT molecular complexity index is 1130. The predicted octanol–water partition coefficient (Wildman–Crippen LogP) is 1.35. The van der Waals surface area contributed by atoms with Crippen LogP contribution in [0.3, 0.4) is 0 Å². The highest BCUT2D eigenvalue weighted by atomic mass is 16.6. The number of carbonyl (C=O) groups excluding carboxylic acids is 4. The smallest absolute Gasteiger partial charge is 0.331 e. The predicted molar refractivity (Wildman–Crippen MR) is 136 cm³/mol. The van der Waals surface area contributed by atoms with E-state index in [-0.39, 0.29) is 44.8 Å². The third kappa shape index (κ3) is 4.18. The van der Waals surface area contributed by atoms with Crippen molar-refractivity contribution in [3.05, 3.63) is 11.6 Å². The lowest BCUT2D eigenvalue weighted by Gasteiger charge is -2.68. The molecular formula is C29H40O11. The van der Waals surface area contributed by atoms with Crippen LogP contribution in [0.25, 0.3) is 0 Å². The normalized spacial score (nSPS) is 45.8. The van der Waals surface area contributed by atoms with Crippen LogP contribution in [0.2, 0.25) is 0 Å². The van der Waals surface area contributed by atoms with E-state index < -0.39 is 76.1 Å². The summed E-state index contributed by atoms with van der Waals surface area (Å²) in [7, 11) is 0. The number of hydrogen-bond acceptors (Lipinski definition) is 11. The molecule has 3 N–H and O–H groups in total. The average molecular weight is 565 g/mol. The van der Waals surface area contributed by atoms with Crippen LogP contribution in [0, 0.1) is 28.6 Å². The highest BCUT2D eigenvalue weighted by molar-refractivity contribution is 5.85. The van der Waals surface area contributed by atoms with Crippen LogP contribution in [0.4, 0.5) is 0 Å². The fraction of sp³-hybridized carbons (Fsp3) is 0.793. The van der Waals surface area contributed by atoms with Crippen LogP contribution in [0.5, 0.6) is 0 Å². The van der Waals surface area contributed by atoms with E-state index in [0.29, 0.717) is 19.3 Å². The molecule has 4 aliphatic carbocycles. The van der Waals surface area contributed by atoms with Gasteiger partial charge in [-0.05, 0) is 49.5 Å². The van der Waals surface area contributed by atoms with Gasteiger partial charge in [0.1, 0.15) is 25.4 Å². The Morgan fingerprint density at radius 3 is 2.33 bits per heavy atom. The van der Waals surface area contributed by atoms with Crippen LogP contribution in [0.15, 0.2) is 11.6 Å². The summed E-state index contributed by atoms with van der Waals surface area (Å²) in [5, 5.41) is 36.7. The summed E-state index contributed by atoms with van der Waals surface area (Å²) in [6, 6.07) is 0. The Kier molecular flexibility index (Phi) is 7.11. The van der Waals surface area contributed by atoms with E-state index >= 15 is 0 Å². The minimum atomic E-state index is -1.64. The van der Waals surface area contributed by atoms with Crippen LogP contribution >= 0.6 is 0 Å². The molecule has 40 heavy (non-hydrogen) atoms. The Morgan fingerprint density at radius 1 is 1.02 bits per heavy atom. The second-order valence-corrected chi connectivity index (χ2v) is 12.8. The molecule has 0 radical (unpaired) electrons. The number of ether oxygens (including phenoxy) is 4. The number of hydrogen-bond donors (Lipinski definition) is 3. The van der Waals surface area contributed by atoms with Gasteiger partial charge in [-0.1, -0.05) is 6.92 Å². The third-order valence-corrected chi connectivity index (χ3v) is 10.9. The van der Waals surface area contributed by atoms with Crippen molar-refractivity contribution in [3.8, 4) is 0 Å². The summed E-state index contributed by atoms with van der Waals surface area (Å²) < 4.78 is 22.1. The molecule has 0 unspecified atom stereocenters. The van der Waals surface area contributed by atoms with E-state index in [4.69, 9.17) is 18.9 Å². The maximum atomic E-state index is 12.6. The van der Waals surface area contributed by atoms with E-state index in [1.807, 2.05) is 6.92 Å². The van der Waals surface area contributed by atoms with Gasteiger partial charge >= 0.3 is 23.9 Å². The Hall–Kier alpha value is -2.50. The second kappa shape index (κ2) is 9.80. The maximum Gasteiger partial charge on any atom is 0.331 e. The molecule has 4 saturated carbocycles. The zero-order valence-electron chi connectivity index (χ0n) is 23.5. The van der Waals surface area contributed by atoms with Gasteiger partial charge in [0, 0.05) is 51.0 Å². The molecule has 222 valence electrons. The van der Waals surface area contributed by atoms with Gasteiger partial charge in [-0.2, -0.15) is 0 Å². The fourth-order valence-corrected chi connectivity index (χ4v) is 9.47. The molecule has 4 fully saturated rings. The number of cyclic esters (lactones) is 1. The number of fused-ring (bicyclic) bond motifs is 5. The molecule has 11 heteroatoms. The molecule has 1 aliphatic heterocycles. The number of esters is 4. The van der Waals surface area contributed by atoms with E-state index in [9.17, 15) is 34.5 Å². The lowest BCUT2D eigenvalue weighted by atomic mass is 9.40. The van der Waals surface area contributed by atoms with E-state index in [2.05, 4.69) is 0 Å². The van der Waals surface area contributed by atoms with Crippen molar-refractivity contribution in [1.29, 1.82) is 0 Å². The molecule has 0 aromatic carbocycles.